The smallest absolute Gasteiger partial charge is 0.338 e. The van der Waals surface area contributed by atoms with Gasteiger partial charge in [0.25, 0.3) is 0 Å². The average molecular weight is 480 g/mol. The zero-order valence-corrected chi connectivity index (χ0v) is 21.0. The van der Waals surface area contributed by atoms with Crippen molar-refractivity contribution < 1.29 is 14.3 Å². The van der Waals surface area contributed by atoms with E-state index in [4.69, 9.17) is 10.6 Å². The number of fused-ring (bicyclic) bond motifs is 1. The van der Waals surface area contributed by atoms with Crippen LogP contribution in [-0.4, -0.2) is 48.7 Å². The summed E-state index contributed by atoms with van der Waals surface area (Å²) in [6, 6.07) is 7.41. The van der Waals surface area contributed by atoms with Crippen LogP contribution in [0.2, 0.25) is 0 Å². The molecule has 0 aromatic heterocycles. The van der Waals surface area contributed by atoms with E-state index in [9.17, 15) is 9.59 Å². The van der Waals surface area contributed by atoms with Gasteiger partial charge in [-0.2, -0.15) is 5.11 Å². The van der Waals surface area contributed by atoms with Crippen molar-refractivity contribution in [2.45, 2.75) is 65.1 Å². The summed E-state index contributed by atoms with van der Waals surface area (Å²) in [6.07, 6.45) is 9.85. The fourth-order valence-corrected chi connectivity index (χ4v) is 4.47. The second-order valence-corrected chi connectivity index (χ2v) is 8.85. The predicted molar refractivity (Wildman–Crippen MR) is 137 cm³/mol. The van der Waals surface area contributed by atoms with Gasteiger partial charge in [0.2, 0.25) is 5.91 Å². The molecule has 3 N–H and O–H groups in total. The topological polar surface area (TPSA) is 109 Å². The summed E-state index contributed by atoms with van der Waals surface area (Å²) in [6.45, 7) is 7.85. The van der Waals surface area contributed by atoms with Gasteiger partial charge in [0, 0.05) is 31.1 Å². The lowest BCUT2D eigenvalue weighted by Crippen LogP contribution is -2.39. The maximum absolute atomic E-state index is 13.4. The number of allylic oxidation sites excluding steroid dienone is 2. The van der Waals surface area contributed by atoms with E-state index in [0.717, 1.165) is 54.6 Å². The Morgan fingerprint density at radius 1 is 1.09 bits per heavy atom. The molecule has 1 aliphatic heterocycles. The number of carbonyl (C=O) groups is 2. The van der Waals surface area contributed by atoms with Crippen LogP contribution in [0.3, 0.4) is 0 Å². The molecule has 1 aromatic carbocycles. The quantitative estimate of drug-likeness (QED) is 0.221. The van der Waals surface area contributed by atoms with Gasteiger partial charge in [-0.25, -0.2) is 4.79 Å². The number of nitrogens with two attached hydrogens (primary N) is 1. The second kappa shape index (κ2) is 13.0. The number of nitrogens with one attached hydrogen (secondary N) is 1. The Balaban J connectivity index is 1.87. The highest BCUT2D eigenvalue weighted by Gasteiger charge is 2.30. The molecule has 0 saturated heterocycles. The third-order valence-corrected chi connectivity index (χ3v) is 6.26. The van der Waals surface area contributed by atoms with Gasteiger partial charge >= 0.3 is 5.97 Å². The first-order chi connectivity index (χ1) is 17.0. The molecule has 188 valence electrons. The number of hydrogen-bond acceptors (Lipinski definition) is 6. The van der Waals surface area contributed by atoms with E-state index >= 15 is 0 Å². The number of nitrogens with zero attached hydrogens (tertiary/aromatic N) is 3. The average Bonchev–Trinajstić information content (AvgIpc) is 3.05. The first kappa shape index (κ1) is 26.3. The highest BCUT2D eigenvalue weighted by molar-refractivity contribution is 5.94. The van der Waals surface area contributed by atoms with Crippen molar-refractivity contribution in [2.24, 2.45) is 16.2 Å². The summed E-state index contributed by atoms with van der Waals surface area (Å²) in [5, 5.41) is 11.2. The Kier molecular flexibility index (Phi) is 9.78. The first-order valence-electron chi connectivity index (χ1n) is 12.5. The molecule has 0 radical (unpaired) electrons. The van der Waals surface area contributed by atoms with Gasteiger partial charge in [-0.3, -0.25) is 10.1 Å². The third kappa shape index (κ3) is 6.88. The lowest BCUT2D eigenvalue weighted by molar-refractivity contribution is -0.127. The molecule has 2 atom stereocenters. The summed E-state index contributed by atoms with van der Waals surface area (Å²) in [5.74, 6) is 5.13. The highest BCUT2D eigenvalue weighted by Crippen LogP contribution is 2.32. The van der Waals surface area contributed by atoms with E-state index in [1.54, 1.807) is 19.1 Å². The summed E-state index contributed by atoms with van der Waals surface area (Å²) < 4.78 is 5.08. The predicted octanol–water partition coefficient (Wildman–Crippen LogP) is 4.56. The fourth-order valence-electron chi connectivity index (χ4n) is 4.47. The minimum atomic E-state index is -0.383. The van der Waals surface area contributed by atoms with Crippen LogP contribution < -0.4 is 11.2 Å². The van der Waals surface area contributed by atoms with Gasteiger partial charge in [-0.1, -0.05) is 49.8 Å². The zero-order valence-electron chi connectivity index (χ0n) is 21.0. The van der Waals surface area contributed by atoms with Crippen molar-refractivity contribution in [1.82, 2.24) is 10.2 Å². The molecule has 8 nitrogen and oxygen atoms in total. The number of rotatable bonds is 10. The van der Waals surface area contributed by atoms with Crippen LogP contribution in [0.25, 0.3) is 5.57 Å². The minimum Gasteiger partial charge on any atom is -0.462 e. The zero-order chi connectivity index (χ0) is 25.2. The van der Waals surface area contributed by atoms with Crippen LogP contribution in [0, 0.1) is 0 Å². The van der Waals surface area contributed by atoms with Gasteiger partial charge in [0.15, 0.2) is 0 Å². The van der Waals surface area contributed by atoms with Gasteiger partial charge < -0.3 is 15.5 Å². The Labute approximate surface area is 208 Å². The summed E-state index contributed by atoms with van der Waals surface area (Å²) in [4.78, 5) is 27.3. The van der Waals surface area contributed by atoms with E-state index < -0.39 is 0 Å². The van der Waals surface area contributed by atoms with Crippen LogP contribution in [-0.2, 0) is 9.53 Å². The molecule has 35 heavy (non-hydrogen) atoms. The molecule has 0 saturated carbocycles. The van der Waals surface area contributed by atoms with Crippen molar-refractivity contribution >= 4 is 17.4 Å². The summed E-state index contributed by atoms with van der Waals surface area (Å²) in [7, 11) is 0. The number of carbonyl (C=O) groups excluding carboxylic acids is 2. The molecule has 0 fully saturated rings. The molecular formula is C27H37N5O3. The van der Waals surface area contributed by atoms with Crippen molar-refractivity contribution in [3.8, 4) is 0 Å². The normalized spacial score (nSPS) is 19.8. The van der Waals surface area contributed by atoms with Crippen molar-refractivity contribution in [1.29, 1.82) is 0 Å². The summed E-state index contributed by atoms with van der Waals surface area (Å²) in [5.41, 5.74) is 4.46. The van der Waals surface area contributed by atoms with E-state index in [0.29, 0.717) is 25.0 Å². The Morgan fingerprint density at radius 2 is 1.86 bits per heavy atom. The number of unbranched alkanes of at least 4 members (excludes halogenated alkanes) is 1. The number of esters is 1. The van der Waals surface area contributed by atoms with Crippen molar-refractivity contribution in [2.75, 3.05) is 19.7 Å². The van der Waals surface area contributed by atoms with Gasteiger partial charge in [0.05, 0.1) is 12.2 Å². The van der Waals surface area contributed by atoms with Crippen molar-refractivity contribution in [3.05, 3.63) is 64.8 Å². The SMILES string of the molecule is CCCCN(CCC)C(=O)C1=CC2=CC=C(c3ccc(C(=O)OCC)cc3)CC2NC(N=NN)C1. The van der Waals surface area contributed by atoms with Crippen LogP contribution >= 0.6 is 0 Å². The van der Waals surface area contributed by atoms with E-state index in [1.165, 1.54) is 0 Å². The molecule has 3 rings (SSSR count). The third-order valence-electron chi connectivity index (χ3n) is 6.26. The van der Waals surface area contributed by atoms with Crippen LogP contribution in [0.15, 0.2) is 64.0 Å². The largest absolute Gasteiger partial charge is 0.462 e. The molecule has 0 spiro atoms. The molecule has 1 heterocycles. The molecule has 1 aromatic rings. The number of ether oxygens (including phenoxy) is 1. The minimum absolute atomic E-state index is 0.0317. The van der Waals surface area contributed by atoms with E-state index in [-0.39, 0.29) is 24.1 Å². The van der Waals surface area contributed by atoms with Gasteiger partial charge in [-0.15, -0.1) is 0 Å². The monoisotopic (exact) mass is 479 g/mol. The van der Waals surface area contributed by atoms with Gasteiger partial charge in [-0.05, 0) is 61.1 Å². The Morgan fingerprint density at radius 3 is 2.51 bits per heavy atom. The Hall–Kier alpha value is -3.26. The standard InChI is InChI=1S/C27H37N5O3/c1-4-7-15-32(14-5-2)26(33)23-16-22-13-12-21(17-24(22)29-25(18-23)30-31-28)19-8-10-20(11-9-19)27(34)35-6-3/h8-13,16,24-25,29H,4-7,14-15,17-18H2,1-3H3,(H2,28,30). The van der Waals surface area contributed by atoms with E-state index in [1.807, 2.05) is 23.1 Å². The lowest BCUT2D eigenvalue weighted by Gasteiger charge is -2.25. The second-order valence-electron chi connectivity index (χ2n) is 8.85. The molecule has 0 bridgehead atoms. The van der Waals surface area contributed by atoms with Crippen molar-refractivity contribution in [3.63, 3.8) is 0 Å². The number of hydrogen-bond donors (Lipinski definition) is 2. The molecular weight excluding hydrogens is 442 g/mol. The number of amides is 1. The van der Waals surface area contributed by atoms with Crippen LogP contribution in [0.1, 0.15) is 68.8 Å². The molecule has 1 amide bonds. The maximum atomic E-state index is 13.4. The molecule has 2 aliphatic rings. The summed E-state index contributed by atoms with van der Waals surface area (Å²) >= 11 is 0. The van der Waals surface area contributed by atoms with Crippen LogP contribution in [0.4, 0.5) is 0 Å². The maximum Gasteiger partial charge on any atom is 0.338 e. The van der Waals surface area contributed by atoms with Gasteiger partial charge in [0.1, 0.15) is 6.17 Å². The highest BCUT2D eigenvalue weighted by atomic mass is 16.5. The number of benzene rings is 1. The molecule has 8 heteroatoms. The molecule has 1 aliphatic carbocycles. The van der Waals surface area contributed by atoms with Crippen LogP contribution in [0.5, 0.6) is 0 Å². The molecule has 2 unspecified atom stereocenters. The first-order valence-corrected chi connectivity index (χ1v) is 12.5. The Bertz CT molecular complexity index is 1010. The lowest BCUT2D eigenvalue weighted by atomic mass is 9.88. The van der Waals surface area contributed by atoms with E-state index in [2.05, 4.69) is 41.7 Å². The fraction of sp³-hybridized carbons (Fsp3) is 0.481.